The average molecular weight is 394 g/mol. The molecule has 142 valence electrons. The van der Waals surface area contributed by atoms with Crippen LogP contribution in [0.2, 0.25) is 0 Å². The van der Waals surface area contributed by atoms with Gasteiger partial charge in [-0.3, -0.25) is 9.88 Å². The van der Waals surface area contributed by atoms with E-state index < -0.39 is 0 Å². The van der Waals surface area contributed by atoms with Gasteiger partial charge < -0.3 is 0 Å². The number of nitrogens with zero attached hydrogens (tertiary/aromatic N) is 6. The number of rotatable bonds is 4. The first kappa shape index (κ1) is 17.4. The lowest BCUT2D eigenvalue weighted by Crippen LogP contribution is -2.34. The van der Waals surface area contributed by atoms with Crippen molar-refractivity contribution in [1.82, 2.24) is 29.6 Å². The van der Waals surface area contributed by atoms with E-state index in [1.165, 1.54) is 12.1 Å². The first-order chi connectivity index (χ1) is 13.7. The van der Waals surface area contributed by atoms with Gasteiger partial charge in [-0.1, -0.05) is 6.07 Å². The minimum atomic E-state index is -0.225. The van der Waals surface area contributed by atoms with E-state index >= 15 is 0 Å². The zero-order valence-electron chi connectivity index (χ0n) is 15.2. The van der Waals surface area contributed by atoms with Gasteiger partial charge in [0.25, 0.3) is 0 Å². The maximum Gasteiger partial charge on any atom is 0.199 e. The highest BCUT2D eigenvalue weighted by molar-refractivity contribution is 7.18. The fourth-order valence-electron chi connectivity index (χ4n) is 3.59. The molecule has 0 spiro atoms. The SMILES string of the molecule is Fc1ccc2sc(C3CCN(Cn4cnc(-c5ccccn5)n4)CC3)nc2c1. The Morgan fingerprint density at radius 2 is 2.00 bits per heavy atom. The van der Waals surface area contributed by atoms with Crippen molar-refractivity contribution in [3.05, 3.63) is 59.7 Å². The Bertz CT molecular complexity index is 1080. The van der Waals surface area contributed by atoms with Gasteiger partial charge in [0, 0.05) is 31.3 Å². The molecule has 1 aliphatic heterocycles. The number of likely N-dealkylation sites (tertiary alicyclic amines) is 1. The highest BCUT2D eigenvalue weighted by Gasteiger charge is 2.23. The smallest absolute Gasteiger partial charge is 0.199 e. The van der Waals surface area contributed by atoms with Crippen LogP contribution in [0.3, 0.4) is 0 Å². The van der Waals surface area contributed by atoms with E-state index in [9.17, 15) is 4.39 Å². The van der Waals surface area contributed by atoms with Crippen molar-refractivity contribution < 1.29 is 4.39 Å². The molecular weight excluding hydrogens is 375 g/mol. The van der Waals surface area contributed by atoms with Crippen LogP contribution < -0.4 is 0 Å². The lowest BCUT2D eigenvalue weighted by molar-refractivity contribution is 0.161. The molecule has 1 aliphatic rings. The monoisotopic (exact) mass is 394 g/mol. The molecule has 0 aliphatic carbocycles. The number of hydrogen-bond acceptors (Lipinski definition) is 6. The van der Waals surface area contributed by atoms with Crippen molar-refractivity contribution in [3.63, 3.8) is 0 Å². The van der Waals surface area contributed by atoms with Crippen LogP contribution in [0.4, 0.5) is 4.39 Å². The second-order valence-electron chi connectivity index (χ2n) is 7.02. The van der Waals surface area contributed by atoms with Gasteiger partial charge in [0.15, 0.2) is 5.82 Å². The Balaban J connectivity index is 1.22. The lowest BCUT2D eigenvalue weighted by Gasteiger charge is -2.30. The fourth-order valence-corrected chi connectivity index (χ4v) is 4.71. The minimum Gasteiger partial charge on any atom is -0.284 e. The molecule has 4 heterocycles. The molecule has 28 heavy (non-hydrogen) atoms. The van der Waals surface area contributed by atoms with Crippen LogP contribution in [-0.2, 0) is 6.67 Å². The van der Waals surface area contributed by atoms with Gasteiger partial charge in [-0.2, -0.15) is 0 Å². The summed E-state index contributed by atoms with van der Waals surface area (Å²) in [5.41, 5.74) is 1.55. The Hall–Kier alpha value is -2.71. The zero-order valence-corrected chi connectivity index (χ0v) is 16.0. The molecule has 3 aromatic heterocycles. The first-order valence-electron chi connectivity index (χ1n) is 9.34. The lowest BCUT2D eigenvalue weighted by atomic mass is 9.98. The minimum absolute atomic E-state index is 0.225. The summed E-state index contributed by atoms with van der Waals surface area (Å²) >= 11 is 1.69. The third kappa shape index (κ3) is 3.53. The molecule has 1 aromatic carbocycles. The quantitative estimate of drug-likeness (QED) is 0.525. The van der Waals surface area contributed by atoms with E-state index in [-0.39, 0.29) is 5.82 Å². The van der Waals surface area contributed by atoms with Gasteiger partial charge in [0.2, 0.25) is 0 Å². The number of piperidine rings is 1. The highest BCUT2D eigenvalue weighted by atomic mass is 32.1. The van der Waals surface area contributed by atoms with Crippen LogP contribution in [0.15, 0.2) is 48.9 Å². The molecule has 0 atom stereocenters. The standard InChI is InChI=1S/C20H19FN6S/c21-15-4-5-18-17(11-15)24-20(28-18)14-6-9-26(10-7-14)13-27-12-23-19(25-27)16-3-1-2-8-22-16/h1-5,8,11-12,14H,6-7,9-10,13H2. The normalized spacial score (nSPS) is 16.0. The number of halogens is 1. The van der Waals surface area contributed by atoms with Gasteiger partial charge in [-0.05, 0) is 37.1 Å². The molecule has 0 unspecified atom stereocenters. The molecule has 8 heteroatoms. The van der Waals surface area contributed by atoms with Crippen molar-refractivity contribution in [2.24, 2.45) is 0 Å². The van der Waals surface area contributed by atoms with Gasteiger partial charge in [0.05, 0.1) is 21.9 Å². The fraction of sp³-hybridized carbons (Fsp3) is 0.300. The van der Waals surface area contributed by atoms with Crippen molar-refractivity contribution in [1.29, 1.82) is 0 Å². The van der Waals surface area contributed by atoms with Crippen LogP contribution in [0.1, 0.15) is 23.8 Å². The second-order valence-corrected chi connectivity index (χ2v) is 8.08. The third-order valence-electron chi connectivity index (χ3n) is 5.08. The molecular formula is C20H19FN6S. The molecule has 6 nitrogen and oxygen atoms in total. The van der Waals surface area contributed by atoms with Crippen LogP contribution in [0.5, 0.6) is 0 Å². The zero-order chi connectivity index (χ0) is 18.9. The Kier molecular flexibility index (Phi) is 4.58. The molecule has 1 fully saturated rings. The summed E-state index contributed by atoms with van der Waals surface area (Å²) in [5, 5.41) is 5.67. The van der Waals surface area contributed by atoms with Gasteiger partial charge in [-0.25, -0.2) is 19.0 Å². The van der Waals surface area contributed by atoms with Crippen LogP contribution in [0, 0.1) is 5.82 Å². The molecule has 5 rings (SSSR count). The van der Waals surface area contributed by atoms with E-state index in [0.717, 1.165) is 53.5 Å². The second kappa shape index (κ2) is 7.37. The van der Waals surface area contributed by atoms with Crippen LogP contribution >= 0.6 is 11.3 Å². The van der Waals surface area contributed by atoms with E-state index in [4.69, 9.17) is 0 Å². The summed E-state index contributed by atoms with van der Waals surface area (Å²) in [6.07, 6.45) is 5.60. The number of thiazole rings is 1. The molecule has 0 N–H and O–H groups in total. The number of fused-ring (bicyclic) bond motifs is 1. The first-order valence-corrected chi connectivity index (χ1v) is 10.2. The van der Waals surface area contributed by atoms with Gasteiger partial charge >= 0.3 is 0 Å². The van der Waals surface area contributed by atoms with Crippen LogP contribution in [-0.4, -0.2) is 42.7 Å². The largest absolute Gasteiger partial charge is 0.284 e. The summed E-state index contributed by atoms with van der Waals surface area (Å²) in [5.74, 6) is 0.866. The molecule has 1 saturated heterocycles. The van der Waals surface area contributed by atoms with E-state index in [0.29, 0.717) is 11.7 Å². The van der Waals surface area contributed by atoms with Gasteiger partial charge in [0.1, 0.15) is 17.8 Å². The molecule has 0 bridgehead atoms. The van der Waals surface area contributed by atoms with Crippen LogP contribution in [0.25, 0.3) is 21.7 Å². The van der Waals surface area contributed by atoms with Crippen molar-refractivity contribution in [3.8, 4) is 11.5 Å². The van der Waals surface area contributed by atoms with Crippen molar-refractivity contribution >= 4 is 21.6 Å². The number of aromatic nitrogens is 5. The highest BCUT2D eigenvalue weighted by Crippen LogP contribution is 2.34. The predicted octanol–water partition coefficient (Wildman–Crippen LogP) is 3.93. The number of benzene rings is 1. The maximum absolute atomic E-state index is 13.4. The Morgan fingerprint density at radius 3 is 2.82 bits per heavy atom. The van der Waals surface area contributed by atoms with E-state index in [2.05, 4.69) is 25.0 Å². The molecule has 0 radical (unpaired) electrons. The molecule has 4 aromatic rings. The number of hydrogen-bond donors (Lipinski definition) is 0. The molecule has 0 saturated carbocycles. The Morgan fingerprint density at radius 1 is 1.11 bits per heavy atom. The van der Waals surface area contributed by atoms with E-state index in [1.54, 1.807) is 23.9 Å². The number of pyridine rings is 1. The third-order valence-corrected chi connectivity index (χ3v) is 6.28. The van der Waals surface area contributed by atoms with Crippen molar-refractivity contribution in [2.45, 2.75) is 25.4 Å². The van der Waals surface area contributed by atoms with E-state index in [1.807, 2.05) is 28.9 Å². The molecule has 0 amide bonds. The average Bonchev–Trinajstić information content (AvgIpc) is 3.36. The summed E-state index contributed by atoms with van der Waals surface area (Å²) in [6, 6.07) is 10.6. The topological polar surface area (TPSA) is 59.7 Å². The maximum atomic E-state index is 13.4. The summed E-state index contributed by atoms with van der Waals surface area (Å²) < 4.78 is 16.3. The van der Waals surface area contributed by atoms with Crippen molar-refractivity contribution in [2.75, 3.05) is 13.1 Å². The summed E-state index contributed by atoms with van der Waals surface area (Å²) in [7, 11) is 0. The predicted molar refractivity (Wildman–Crippen MR) is 106 cm³/mol. The summed E-state index contributed by atoms with van der Waals surface area (Å²) in [4.78, 5) is 15.7. The van der Waals surface area contributed by atoms with Gasteiger partial charge in [-0.15, -0.1) is 16.4 Å². The summed E-state index contributed by atoms with van der Waals surface area (Å²) in [6.45, 7) is 2.68. The Labute approximate surface area is 165 Å².